The molecule has 0 amide bonds. The van der Waals surface area contributed by atoms with Gasteiger partial charge in [-0.15, -0.1) is 9.73 Å². The van der Waals surface area contributed by atoms with Crippen LogP contribution >= 0.6 is 11.8 Å². The van der Waals surface area contributed by atoms with Gasteiger partial charge in [-0.05, 0) is 17.7 Å². The third-order valence-electron chi connectivity index (χ3n) is 4.02. The van der Waals surface area contributed by atoms with E-state index >= 15 is 0 Å². The van der Waals surface area contributed by atoms with E-state index in [9.17, 15) is 27.2 Å². The highest BCUT2D eigenvalue weighted by Gasteiger charge is 2.30. The summed E-state index contributed by atoms with van der Waals surface area (Å²) in [4.78, 5) is 30.4. The van der Waals surface area contributed by atoms with Gasteiger partial charge in [-0.3, -0.25) is 9.59 Å². The van der Waals surface area contributed by atoms with E-state index in [1.165, 1.54) is 18.3 Å². The van der Waals surface area contributed by atoms with Crippen molar-refractivity contribution in [3.63, 3.8) is 0 Å². The van der Waals surface area contributed by atoms with Crippen molar-refractivity contribution < 1.29 is 17.6 Å². The first-order valence-corrected chi connectivity index (χ1v) is 9.23. The zero-order valence-corrected chi connectivity index (χ0v) is 15.5. The van der Waals surface area contributed by atoms with Crippen LogP contribution in [0.4, 0.5) is 17.6 Å². The Morgan fingerprint density at radius 1 is 1.10 bits per heavy atom. The molecular formula is C17H10F4N6O2S. The van der Waals surface area contributed by atoms with Crippen molar-refractivity contribution in [2.75, 3.05) is 0 Å². The highest BCUT2D eigenvalue weighted by Crippen LogP contribution is 2.30. The summed E-state index contributed by atoms with van der Waals surface area (Å²) in [5.41, 5.74) is -1.97. The Morgan fingerprint density at radius 2 is 1.83 bits per heavy atom. The Bertz CT molecular complexity index is 1320. The molecule has 0 aliphatic rings. The molecule has 0 fully saturated rings. The summed E-state index contributed by atoms with van der Waals surface area (Å²) >= 11 is 1.01. The first kappa shape index (κ1) is 19.8. The molecule has 0 bridgehead atoms. The SMILES string of the molecule is O=c1cnc(-n2c(SCc3ccc(C(F)(F)F)cc3)nn3ncc(F)c3c2=O)c[nH]1. The van der Waals surface area contributed by atoms with Crippen molar-refractivity contribution in [3.05, 3.63) is 80.5 Å². The van der Waals surface area contributed by atoms with Gasteiger partial charge in [-0.1, -0.05) is 23.9 Å². The Morgan fingerprint density at radius 3 is 2.47 bits per heavy atom. The molecule has 30 heavy (non-hydrogen) atoms. The summed E-state index contributed by atoms with van der Waals surface area (Å²) < 4.78 is 53.9. The average Bonchev–Trinajstić information content (AvgIpc) is 3.08. The number of hydrogen-bond donors (Lipinski definition) is 1. The third-order valence-corrected chi connectivity index (χ3v) is 5.02. The van der Waals surface area contributed by atoms with E-state index in [1.807, 2.05) is 0 Å². The zero-order chi connectivity index (χ0) is 21.5. The van der Waals surface area contributed by atoms with Gasteiger partial charge in [-0.2, -0.15) is 18.3 Å². The molecule has 0 unspecified atom stereocenters. The molecule has 1 N–H and O–H groups in total. The standard InChI is InChI=1S/C17H10F4N6O2S/c18-11-5-24-27-14(11)15(29)26(12-6-23-13(28)7-22-12)16(25-27)30-8-9-1-3-10(4-2-9)17(19,20)21/h1-7H,8H2,(H,23,28). The molecule has 0 atom stereocenters. The number of benzene rings is 1. The van der Waals surface area contributed by atoms with Crippen LogP contribution in [-0.4, -0.2) is 29.4 Å². The molecule has 0 aliphatic carbocycles. The Hall–Kier alpha value is -3.48. The molecule has 0 saturated heterocycles. The highest BCUT2D eigenvalue weighted by atomic mass is 32.2. The van der Waals surface area contributed by atoms with Gasteiger partial charge < -0.3 is 4.98 Å². The second kappa shape index (κ2) is 7.40. The number of aromatic amines is 1. The number of halogens is 4. The lowest BCUT2D eigenvalue weighted by atomic mass is 10.1. The number of H-pyrrole nitrogens is 1. The molecule has 0 aliphatic heterocycles. The van der Waals surface area contributed by atoms with Crippen molar-refractivity contribution in [2.45, 2.75) is 17.1 Å². The minimum Gasteiger partial charge on any atom is -0.324 e. The van der Waals surface area contributed by atoms with Gasteiger partial charge in [0.1, 0.15) is 0 Å². The Labute approximate surface area is 168 Å². The van der Waals surface area contributed by atoms with E-state index < -0.39 is 34.2 Å². The van der Waals surface area contributed by atoms with Crippen LogP contribution in [0.1, 0.15) is 11.1 Å². The normalized spacial score (nSPS) is 11.9. The fourth-order valence-corrected chi connectivity index (χ4v) is 3.52. The number of nitrogens with zero attached hydrogens (tertiary/aromatic N) is 5. The molecule has 13 heteroatoms. The van der Waals surface area contributed by atoms with Gasteiger partial charge in [0, 0.05) is 11.9 Å². The van der Waals surface area contributed by atoms with Gasteiger partial charge >= 0.3 is 6.18 Å². The molecule has 3 aromatic heterocycles. The number of nitrogens with one attached hydrogen (secondary N) is 1. The summed E-state index contributed by atoms with van der Waals surface area (Å²) in [5.74, 6) is -0.738. The van der Waals surface area contributed by atoms with Gasteiger partial charge in [-0.25, -0.2) is 13.9 Å². The second-order valence-electron chi connectivity index (χ2n) is 6.01. The molecule has 154 valence electrons. The minimum absolute atomic E-state index is 0.00915. The quantitative estimate of drug-likeness (QED) is 0.388. The van der Waals surface area contributed by atoms with Crippen LogP contribution in [0.3, 0.4) is 0 Å². The molecule has 0 spiro atoms. The van der Waals surface area contributed by atoms with Gasteiger partial charge in [0.05, 0.1) is 18.0 Å². The molecule has 0 saturated carbocycles. The van der Waals surface area contributed by atoms with E-state index in [2.05, 4.69) is 20.2 Å². The molecule has 8 nitrogen and oxygen atoms in total. The predicted molar refractivity (Wildman–Crippen MR) is 98.0 cm³/mol. The fourth-order valence-electron chi connectivity index (χ4n) is 2.59. The number of hydrogen-bond acceptors (Lipinski definition) is 6. The van der Waals surface area contributed by atoms with Crippen molar-refractivity contribution in [1.29, 1.82) is 0 Å². The molecule has 4 rings (SSSR count). The third kappa shape index (κ3) is 3.70. The number of alkyl halides is 3. The summed E-state index contributed by atoms with van der Waals surface area (Å²) in [7, 11) is 0. The first-order valence-electron chi connectivity index (χ1n) is 8.24. The van der Waals surface area contributed by atoms with Gasteiger partial charge in [0.2, 0.25) is 0 Å². The smallest absolute Gasteiger partial charge is 0.324 e. The first-order chi connectivity index (χ1) is 14.2. The zero-order valence-electron chi connectivity index (χ0n) is 14.7. The van der Waals surface area contributed by atoms with Crippen LogP contribution in [0.15, 0.2) is 57.6 Å². The maximum atomic E-state index is 14.0. The minimum atomic E-state index is -4.45. The van der Waals surface area contributed by atoms with E-state index in [0.717, 1.165) is 45.5 Å². The molecular weight excluding hydrogens is 428 g/mol. The van der Waals surface area contributed by atoms with Gasteiger partial charge in [0.15, 0.2) is 22.3 Å². The van der Waals surface area contributed by atoms with E-state index in [1.54, 1.807) is 0 Å². The number of aromatic nitrogens is 6. The summed E-state index contributed by atoms with van der Waals surface area (Å²) in [5, 5.41) is 7.84. The van der Waals surface area contributed by atoms with Crippen molar-refractivity contribution in [2.24, 2.45) is 0 Å². The van der Waals surface area contributed by atoms with Gasteiger partial charge in [0.25, 0.3) is 11.1 Å². The topological polar surface area (TPSA) is 97.9 Å². The number of thioether (sulfide) groups is 1. The fraction of sp³-hybridized carbons (Fsp3) is 0.118. The number of rotatable bonds is 4. The van der Waals surface area contributed by atoms with Crippen molar-refractivity contribution >= 4 is 17.3 Å². The second-order valence-corrected chi connectivity index (χ2v) is 6.95. The van der Waals surface area contributed by atoms with E-state index in [0.29, 0.717) is 5.56 Å². The Balaban J connectivity index is 1.74. The summed E-state index contributed by atoms with van der Waals surface area (Å²) in [6.07, 6.45) is -1.50. The maximum absolute atomic E-state index is 14.0. The van der Waals surface area contributed by atoms with Crippen LogP contribution in [0, 0.1) is 5.82 Å². The van der Waals surface area contributed by atoms with Crippen LogP contribution < -0.4 is 11.1 Å². The van der Waals surface area contributed by atoms with Crippen LogP contribution in [-0.2, 0) is 11.9 Å². The Kier molecular flexibility index (Phi) is 4.89. The average molecular weight is 438 g/mol. The summed E-state index contributed by atoms with van der Waals surface area (Å²) in [6, 6.07) is 4.52. The largest absolute Gasteiger partial charge is 0.416 e. The lowest BCUT2D eigenvalue weighted by Crippen LogP contribution is -2.26. The van der Waals surface area contributed by atoms with E-state index in [-0.39, 0.29) is 16.7 Å². The van der Waals surface area contributed by atoms with Crippen LogP contribution in [0.2, 0.25) is 0 Å². The lowest BCUT2D eigenvalue weighted by Gasteiger charge is -2.11. The number of fused-ring (bicyclic) bond motifs is 1. The van der Waals surface area contributed by atoms with Crippen LogP contribution in [0.25, 0.3) is 11.3 Å². The van der Waals surface area contributed by atoms with Crippen LogP contribution in [0.5, 0.6) is 0 Å². The molecule has 1 aromatic carbocycles. The molecule has 4 aromatic rings. The molecule has 0 radical (unpaired) electrons. The maximum Gasteiger partial charge on any atom is 0.416 e. The monoisotopic (exact) mass is 438 g/mol. The predicted octanol–water partition coefficient (Wildman–Crippen LogP) is 2.41. The molecule has 3 heterocycles. The van der Waals surface area contributed by atoms with Crippen molar-refractivity contribution in [1.82, 2.24) is 29.4 Å². The lowest BCUT2D eigenvalue weighted by molar-refractivity contribution is -0.137. The highest BCUT2D eigenvalue weighted by molar-refractivity contribution is 7.98. The summed E-state index contributed by atoms with van der Waals surface area (Å²) in [6.45, 7) is 0. The van der Waals surface area contributed by atoms with Crippen molar-refractivity contribution in [3.8, 4) is 5.82 Å². The van der Waals surface area contributed by atoms with E-state index in [4.69, 9.17) is 0 Å².